The Kier molecular flexibility index (Phi) is 6.98. The van der Waals surface area contributed by atoms with Gasteiger partial charge in [-0.1, -0.05) is 29.4 Å². The third-order valence-electron chi connectivity index (χ3n) is 4.93. The number of aryl methyl sites for hydroxylation is 1. The normalized spacial score (nSPS) is 11.1. The highest BCUT2D eigenvalue weighted by molar-refractivity contribution is 7.98. The summed E-state index contributed by atoms with van der Waals surface area (Å²) >= 11 is 9.26. The first-order valence-corrected chi connectivity index (χ1v) is 12.4. The Hall–Kier alpha value is -2.62. The van der Waals surface area contributed by atoms with E-state index in [9.17, 15) is 4.79 Å². The number of hydrogen-bond donors (Lipinski definition) is 0. The molecule has 10 heteroatoms. The van der Waals surface area contributed by atoms with Crippen LogP contribution in [0.4, 0.5) is 0 Å². The number of hydrogen-bond acceptors (Lipinski definition) is 7. The minimum absolute atomic E-state index is 0.0414. The van der Waals surface area contributed by atoms with Crippen molar-refractivity contribution in [1.29, 1.82) is 0 Å². The second-order valence-electron chi connectivity index (χ2n) is 6.94. The zero-order valence-electron chi connectivity index (χ0n) is 17.9. The van der Waals surface area contributed by atoms with Crippen molar-refractivity contribution in [3.63, 3.8) is 0 Å². The van der Waals surface area contributed by atoms with Crippen molar-refractivity contribution in [3.05, 3.63) is 63.3 Å². The zero-order valence-corrected chi connectivity index (χ0v) is 20.3. The lowest BCUT2D eigenvalue weighted by Crippen LogP contribution is -2.30. The minimum Gasteiger partial charge on any atom is -0.461 e. The molecule has 0 aliphatic rings. The number of carbonyl (C=O) groups excluding carboxylic acids is 1. The van der Waals surface area contributed by atoms with Gasteiger partial charge >= 0.3 is 0 Å². The fourth-order valence-corrected chi connectivity index (χ4v) is 5.14. The third-order valence-corrected chi connectivity index (χ3v) is 7.14. The Balaban J connectivity index is 1.63. The summed E-state index contributed by atoms with van der Waals surface area (Å²) in [6.07, 6.45) is 1.61. The minimum atomic E-state index is -0.0414. The van der Waals surface area contributed by atoms with Crippen LogP contribution in [0.5, 0.6) is 0 Å². The molecule has 166 valence electrons. The van der Waals surface area contributed by atoms with Gasteiger partial charge in [-0.2, -0.15) is 0 Å². The number of benzene rings is 1. The quantitative estimate of drug-likeness (QED) is 0.296. The molecule has 0 unspecified atom stereocenters. The van der Waals surface area contributed by atoms with Gasteiger partial charge in [0, 0.05) is 23.5 Å². The van der Waals surface area contributed by atoms with Gasteiger partial charge in [-0.25, -0.2) is 4.98 Å². The van der Waals surface area contributed by atoms with E-state index < -0.39 is 0 Å². The molecule has 0 atom stereocenters. The number of halogens is 1. The maximum Gasteiger partial charge on any atom is 0.273 e. The van der Waals surface area contributed by atoms with Crippen LogP contribution in [0, 0.1) is 6.92 Å². The van der Waals surface area contributed by atoms with Crippen molar-refractivity contribution in [2.24, 2.45) is 0 Å². The Morgan fingerprint density at radius 3 is 2.78 bits per heavy atom. The van der Waals surface area contributed by atoms with E-state index in [1.165, 1.54) is 23.1 Å². The standard InChI is InChI=1S/C22H22ClN5O2S2/c1-4-27(5-2)21(29)16-12-31-19(24-16)13-32-22-26-25-20(18-7-6-10-30-18)28(22)17-11-15(23)9-8-14(17)3/h6-12H,4-5,13H2,1-3H3. The van der Waals surface area contributed by atoms with Crippen molar-refractivity contribution < 1.29 is 9.21 Å². The summed E-state index contributed by atoms with van der Waals surface area (Å²) in [7, 11) is 0. The van der Waals surface area contributed by atoms with Crippen LogP contribution in [0.15, 0.2) is 51.5 Å². The highest BCUT2D eigenvalue weighted by Gasteiger charge is 2.21. The molecule has 0 radical (unpaired) electrons. The molecule has 7 nitrogen and oxygen atoms in total. The van der Waals surface area contributed by atoms with Crippen LogP contribution in [0.25, 0.3) is 17.3 Å². The number of carbonyl (C=O) groups is 1. The van der Waals surface area contributed by atoms with Crippen LogP contribution in [-0.2, 0) is 5.75 Å². The topological polar surface area (TPSA) is 77.0 Å². The van der Waals surface area contributed by atoms with E-state index in [-0.39, 0.29) is 5.91 Å². The number of nitrogens with zero attached hydrogens (tertiary/aromatic N) is 5. The summed E-state index contributed by atoms with van der Waals surface area (Å²) in [5.74, 6) is 1.73. The maximum atomic E-state index is 12.6. The third kappa shape index (κ3) is 4.60. The summed E-state index contributed by atoms with van der Waals surface area (Å²) in [5.41, 5.74) is 2.40. The second-order valence-corrected chi connectivity index (χ2v) is 9.26. The first-order valence-electron chi connectivity index (χ1n) is 10.1. The summed E-state index contributed by atoms with van der Waals surface area (Å²) in [6, 6.07) is 9.37. The van der Waals surface area contributed by atoms with Crippen LogP contribution < -0.4 is 0 Å². The molecule has 3 aromatic heterocycles. The number of rotatable bonds is 8. The van der Waals surface area contributed by atoms with Crippen molar-refractivity contribution in [3.8, 4) is 17.3 Å². The molecule has 0 aliphatic heterocycles. The van der Waals surface area contributed by atoms with Crippen LogP contribution in [0.1, 0.15) is 34.9 Å². The molecule has 3 heterocycles. The average Bonchev–Trinajstić information content (AvgIpc) is 3.55. The predicted octanol–water partition coefficient (Wildman–Crippen LogP) is 5.72. The number of thiazole rings is 1. The summed E-state index contributed by atoms with van der Waals surface area (Å²) < 4.78 is 7.53. The smallest absolute Gasteiger partial charge is 0.273 e. The van der Waals surface area contributed by atoms with E-state index in [0.29, 0.717) is 46.3 Å². The van der Waals surface area contributed by atoms with Crippen molar-refractivity contribution in [2.45, 2.75) is 31.7 Å². The highest BCUT2D eigenvalue weighted by atomic mass is 35.5. The summed E-state index contributed by atoms with van der Waals surface area (Å²) in [5, 5.41) is 12.8. The van der Waals surface area contributed by atoms with Gasteiger partial charge in [0.05, 0.1) is 17.7 Å². The van der Waals surface area contributed by atoms with Gasteiger partial charge in [-0.3, -0.25) is 9.36 Å². The molecule has 1 aromatic carbocycles. The Morgan fingerprint density at radius 2 is 2.06 bits per heavy atom. The maximum absolute atomic E-state index is 12.6. The fourth-order valence-electron chi connectivity index (χ4n) is 3.24. The number of furan rings is 1. The number of amides is 1. The van der Waals surface area contributed by atoms with Gasteiger partial charge in [-0.15, -0.1) is 21.5 Å². The molecule has 0 bridgehead atoms. The van der Waals surface area contributed by atoms with E-state index in [0.717, 1.165) is 16.3 Å². The highest BCUT2D eigenvalue weighted by Crippen LogP contribution is 2.32. The summed E-state index contributed by atoms with van der Waals surface area (Å²) in [4.78, 5) is 18.9. The molecule has 0 saturated heterocycles. The summed E-state index contributed by atoms with van der Waals surface area (Å²) in [6.45, 7) is 7.26. The van der Waals surface area contributed by atoms with Gasteiger partial charge in [0.1, 0.15) is 10.7 Å². The Morgan fingerprint density at radius 1 is 1.25 bits per heavy atom. The Bertz CT molecular complexity index is 1220. The number of aromatic nitrogens is 4. The molecule has 4 rings (SSSR count). The van der Waals surface area contributed by atoms with Crippen LogP contribution in [-0.4, -0.2) is 43.6 Å². The molecule has 0 aliphatic carbocycles. The van der Waals surface area contributed by atoms with Gasteiger partial charge in [0.2, 0.25) is 5.82 Å². The molecule has 0 spiro atoms. The lowest BCUT2D eigenvalue weighted by atomic mass is 10.2. The van der Waals surface area contributed by atoms with Crippen LogP contribution in [0.2, 0.25) is 5.02 Å². The van der Waals surface area contributed by atoms with Crippen LogP contribution >= 0.6 is 34.7 Å². The molecular weight excluding hydrogens is 466 g/mol. The van der Waals surface area contributed by atoms with Gasteiger partial charge in [-0.05, 0) is 50.6 Å². The molecule has 0 fully saturated rings. The lowest BCUT2D eigenvalue weighted by molar-refractivity contribution is 0.0768. The van der Waals surface area contributed by atoms with Crippen molar-refractivity contribution >= 4 is 40.6 Å². The van der Waals surface area contributed by atoms with Gasteiger partial charge in [0.25, 0.3) is 5.91 Å². The molecule has 4 aromatic rings. The van der Waals surface area contributed by atoms with E-state index in [2.05, 4.69) is 15.2 Å². The van der Waals surface area contributed by atoms with Gasteiger partial charge < -0.3 is 9.32 Å². The first-order chi connectivity index (χ1) is 15.5. The average molecular weight is 488 g/mol. The van der Waals surface area contributed by atoms with Crippen LogP contribution in [0.3, 0.4) is 0 Å². The van der Waals surface area contributed by atoms with Crippen molar-refractivity contribution in [1.82, 2.24) is 24.6 Å². The first kappa shape index (κ1) is 22.6. The fraction of sp³-hybridized carbons (Fsp3) is 0.273. The van der Waals surface area contributed by atoms with Crippen molar-refractivity contribution in [2.75, 3.05) is 13.1 Å². The number of thioether (sulfide) groups is 1. The van der Waals surface area contributed by atoms with E-state index in [1.54, 1.807) is 11.2 Å². The predicted molar refractivity (Wildman–Crippen MR) is 128 cm³/mol. The largest absolute Gasteiger partial charge is 0.461 e. The van der Waals surface area contributed by atoms with Gasteiger partial charge in [0.15, 0.2) is 10.9 Å². The Labute approximate surface area is 199 Å². The monoisotopic (exact) mass is 487 g/mol. The molecular formula is C22H22ClN5O2S2. The zero-order chi connectivity index (χ0) is 22.7. The molecule has 0 N–H and O–H groups in total. The van der Waals surface area contributed by atoms with E-state index >= 15 is 0 Å². The second kappa shape index (κ2) is 9.89. The lowest BCUT2D eigenvalue weighted by Gasteiger charge is -2.16. The molecule has 1 amide bonds. The molecule has 0 saturated carbocycles. The molecule has 32 heavy (non-hydrogen) atoms. The van der Waals surface area contributed by atoms with E-state index in [4.69, 9.17) is 16.0 Å². The SMILES string of the molecule is CCN(CC)C(=O)c1csc(CSc2nnc(-c3ccco3)n2-c2cc(Cl)ccc2C)n1. The van der Waals surface area contributed by atoms with E-state index in [1.807, 2.05) is 61.1 Å².